The lowest BCUT2D eigenvalue weighted by molar-refractivity contribution is -0.141. The lowest BCUT2D eigenvalue weighted by atomic mass is 10.0. The molecule has 0 fully saturated rings. The molecular weight excluding hydrogens is 350 g/mol. The molecule has 9 heteroatoms. The topological polar surface area (TPSA) is 55.4 Å². The summed E-state index contributed by atoms with van der Waals surface area (Å²) in [7, 11) is -0.521. The monoisotopic (exact) mass is 369 g/mol. The minimum Gasteiger partial charge on any atom is -0.469 e. The first kappa shape index (κ1) is 20.6. The van der Waals surface area contributed by atoms with E-state index in [0.29, 0.717) is 12.1 Å². The number of hydrogen-bond donors (Lipinski definition) is 1. The van der Waals surface area contributed by atoms with Crippen molar-refractivity contribution >= 4 is 17.0 Å². The maximum absolute atomic E-state index is 13.4. The van der Waals surface area contributed by atoms with Crippen molar-refractivity contribution in [1.82, 2.24) is 4.72 Å². The zero-order valence-corrected chi connectivity index (χ0v) is 14.5. The molecular formula is C15H19F4NO3S. The van der Waals surface area contributed by atoms with Gasteiger partial charge in [0.05, 0.1) is 40.9 Å². The Labute approximate surface area is 140 Å². The molecule has 0 aliphatic rings. The number of halogens is 4. The van der Waals surface area contributed by atoms with Gasteiger partial charge in [-0.25, -0.2) is 13.3 Å². The average Bonchev–Trinajstić information content (AvgIpc) is 2.44. The first-order chi connectivity index (χ1) is 10.9. The van der Waals surface area contributed by atoms with Gasteiger partial charge in [-0.2, -0.15) is 13.2 Å². The molecule has 0 saturated heterocycles. The number of ether oxygens (including phenoxy) is 1. The summed E-state index contributed by atoms with van der Waals surface area (Å²) in [4.78, 5) is 11.5. The summed E-state index contributed by atoms with van der Waals surface area (Å²) in [6.07, 6.45) is -5.22. The molecule has 1 rings (SSSR count). The minimum atomic E-state index is -4.88. The maximum atomic E-state index is 13.4. The quantitative estimate of drug-likeness (QED) is 0.638. The molecule has 0 aromatic heterocycles. The van der Waals surface area contributed by atoms with Gasteiger partial charge in [0, 0.05) is 0 Å². The third-order valence-corrected chi connectivity index (χ3v) is 4.71. The van der Waals surface area contributed by atoms with Crippen LogP contribution >= 0.6 is 0 Å². The van der Waals surface area contributed by atoms with E-state index in [4.69, 9.17) is 0 Å². The van der Waals surface area contributed by atoms with Gasteiger partial charge in [0.25, 0.3) is 0 Å². The molecule has 0 spiro atoms. The maximum Gasteiger partial charge on any atom is 0.419 e. The van der Waals surface area contributed by atoms with Gasteiger partial charge < -0.3 is 4.74 Å². The summed E-state index contributed by atoms with van der Waals surface area (Å²) in [6, 6.07) is 1.38. The van der Waals surface area contributed by atoms with E-state index < -0.39 is 45.3 Å². The van der Waals surface area contributed by atoms with Crippen molar-refractivity contribution in [2.45, 2.75) is 44.2 Å². The van der Waals surface area contributed by atoms with Gasteiger partial charge in [-0.3, -0.25) is 4.79 Å². The Hall–Kier alpha value is -1.48. The summed E-state index contributed by atoms with van der Waals surface area (Å²) >= 11 is 0. The highest BCUT2D eigenvalue weighted by atomic mass is 32.2. The minimum absolute atomic E-state index is 0.00766. The second kappa shape index (κ2) is 7.60. The van der Waals surface area contributed by atoms with Crippen LogP contribution in [0, 0.1) is 5.82 Å². The van der Waals surface area contributed by atoms with Crippen LogP contribution in [-0.2, 0) is 26.7 Å². The Balaban J connectivity index is 3.24. The van der Waals surface area contributed by atoms with Crippen LogP contribution in [0.2, 0.25) is 0 Å². The molecule has 2 atom stereocenters. The largest absolute Gasteiger partial charge is 0.469 e. The summed E-state index contributed by atoms with van der Waals surface area (Å²) < 4.78 is 70.6. The molecule has 0 heterocycles. The SMILES string of the molecule is COC(=O)C[C@H](N[S@](=O)C(C)(C)C)c1ccc(F)c(C(F)(F)F)c1. The lowest BCUT2D eigenvalue weighted by Crippen LogP contribution is -2.36. The molecule has 1 N–H and O–H groups in total. The molecule has 0 aliphatic carbocycles. The lowest BCUT2D eigenvalue weighted by Gasteiger charge is -2.24. The number of hydrogen-bond acceptors (Lipinski definition) is 3. The van der Waals surface area contributed by atoms with Crippen molar-refractivity contribution in [1.29, 1.82) is 0 Å². The molecule has 24 heavy (non-hydrogen) atoms. The number of carbonyl (C=O) groups is 1. The fraction of sp³-hybridized carbons (Fsp3) is 0.533. The van der Waals surface area contributed by atoms with Crippen LogP contribution in [0.15, 0.2) is 18.2 Å². The second-order valence-corrected chi connectivity index (χ2v) is 8.07. The number of rotatable bonds is 5. The van der Waals surface area contributed by atoms with Crippen LogP contribution in [-0.4, -0.2) is 22.0 Å². The molecule has 0 unspecified atom stereocenters. The summed E-state index contributed by atoms with van der Waals surface area (Å²) in [5.41, 5.74) is -1.45. The smallest absolute Gasteiger partial charge is 0.419 e. The van der Waals surface area contributed by atoms with Gasteiger partial charge in [-0.05, 0) is 38.5 Å². The van der Waals surface area contributed by atoms with E-state index in [9.17, 15) is 26.6 Å². The van der Waals surface area contributed by atoms with Crippen molar-refractivity contribution in [2.75, 3.05) is 7.11 Å². The van der Waals surface area contributed by atoms with E-state index in [1.807, 2.05) is 0 Å². The molecule has 0 amide bonds. The van der Waals surface area contributed by atoms with E-state index in [1.165, 1.54) is 0 Å². The van der Waals surface area contributed by atoms with E-state index >= 15 is 0 Å². The third-order valence-electron chi connectivity index (χ3n) is 3.10. The highest BCUT2D eigenvalue weighted by Crippen LogP contribution is 2.33. The normalized spacial score (nSPS) is 15.0. The molecule has 0 bridgehead atoms. The number of methoxy groups -OCH3 is 1. The Morgan fingerprint density at radius 1 is 1.29 bits per heavy atom. The number of carbonyl (C=O) groups excluding carboxylic acids is 1. The summed E-state index contributed by atoms with van der Waals surface area (Å²) in [5.74, 6) is -2.11. The molecule has 0 radical (unpaired) electrons. The summed E-state index contributed by atoms with van der Waals surface area (Å²) in [5, 5.41) is 0. The first-order valence-electron chi connectivity index (χ1n) is 6.97. The van der Waals surface area contributed by atoms with Crippen LogP contribution in [0.4, 0.5) is 17.6 Å². The predicted molar refractivity (Wildman–Crippen MR) is 81.8 cm³/mol. The van der Waals surface area contributed by atoms with Gasteiger partial charge in [0.15, 0.2) is 0 Å². The van der Waals surface area contributed by atoms with Gasteiger partial charge >= 0.3 is 12.1 Å². The van der Waals surface area contributed by atoms with Crippen LogP contribution in [0.25, 0.3) is 0 Å². The van der Waals surface area contributed by atoms with Crippen molar-refractivity contribution in [3.8, 4) is 0 Å². The third kappa shape index (κ3) is 5.55. The van der Waals surface area contributed by atoms with Crippen LogP contribution < -0.4 is 4.72 Å². The standard InChI is InChI=1S/C15H19F4NO3S/c1-14(2,3)24(22)20-12(8-13(21)23-4)9-5-6-11(16)10(7-9)15(17,18)19/h5-7,12,20H,8H2,1-4H3/t12-,24+/m0/s1. The molecule has 0 aliphatic heterocycles. The molecule has 1 aromatic carbocycles. The van der Waals surface area contributed by atoms with Crippen molar-refractivity contribution in [3.05, 3.63) is 35.1 Å². The van der Waals surface area contributed by atoms with Gasteiger partial charge in [-0.1, -0.05) is 6.07 Å². The number of alkyl halides is 3. The van der Waals surface area contributed by atoms with Crippen molar-refractivity contribution in [2.24, 2.45) is 0 Å². The molecule has 4 nitrogen and oxygen atoms in total. The Morgan fingerprint density at radius 3 is 2.33 bits per heavy atom. The Morgan fingerprint density at radius 2 is 1.88 bits per heavy atom. The Kier molecular flexibility index (Phi) is 6.52. The fourth-order valence-electron chi connectivity index (χ4n) is 1.76. The van der Waals surface area contributed by atoms with Gasteiger partial charge in [-0.15, -0.1) is 0 Å². The predicted octanol–water partition coefficient (Wildman–Crippen LogP) is 3.50. The van der Waals surface area contributed by atoms with Crippen molar-refractivity contribution < 1.29 is 31.3 Å². The second-order valence-electron chi connectivity index (χ2n) is 6.07. The van der Waals surface area contributed by atoms with E-state index in [1.54, 1.807) is 20.8 Å². The van der Waals surface area contributed by atoms with Gasteiger partial charge in [0.1, 0.15) is 5.82 Å². The average molecular weight is 369 g/mol. The van der Waals surface area contributed by atoms with Gasteiger partial charge in [0.2, 0.25) is 0 Å². The van der Waals surface area contributed by atoms with Crippen LogP contribution in [0.5, 0.6) is 0 Å². The van der Waals surface area contributed by atoms with E-state index in [2.05, 4.69) is 9.46 Å². The van der Waals surface area contributed by atoms with E-state index in [0.717, 1.165) is 13.2 Å². The molecule has 0 saturated carbocycles. The Bertz CT molecular complexity index is 626. The molecule has 136 valence electrons. The zero-order valence-electron chi connectivity index (χ0n) is 13.7. The highest BCUT2D eigenvalue weighted by molar-refractivity contribution is 7.84. The van der Waals surface area contributed by atoms with Crippen LogP contribution in [0.1, 0.15) is 44.4 Å². The van der Waals surface area contributed by atoms with Crippen LogP contribution in [0.3, 0.4) is 0 Å². The summed E-state index contributed by atoms with van der Waals surface area (Å²) in [6.45, 7) is 4.99. The number of benzene rings is 1. The van der Waals surface area contributed by atoms with Crippen molar-refractivity contribution in [3.63, 3.8) is 0 Å². The van der Waals surface area contributed by atoms with E-state index in [-0.39, 0.29) is 12.0 Å². The first-order valence-corrected chi connectivity index (χ1v) is 8.12. The zero-order chi connectivity index (χ0) is 18.7. The molecule has 1 aromatic rings. The number of nitrogens with one attached hydrogen (secondary N) is 1. The fourth-order valence-corrected chi connectivity index (χ4v) is 2.59. The highest BCUT2D eigenvalue weighted by Gasteiger charge is 2.35. The number of esters is 1.